The van der Waals surface area contributed by atoms with Gasteiger partial charge in [0, 0.05) is 23.2 Å². The fourth-order valence-electron chi connectivity index (χ4n) is 3.39. The van der Waals surface area contributed by atoms with Gasteiger partial charge in [-0.15, -0.1) is 0 Å². The van der Waals surface area contributed by atoms with Crippen molar-refractivity contribution in [2.45, 2.75) is 12.8 Å². The predicted molar refractivity (Wildman–Crippen MR) is 80.2 cm³/mol. The molecule has 0 fully saturated rings. The molecule has 0 N–H and O–H groups in total. The SMILES string of the molecule is O=P1(c2ccccc2)CCC2=C1Cc1ccccc12. The van der Waals surface area contributed by atoms with E-state index in [1.807, 2.05) is 30.3 Å². The molecule has 1 unspecified atom stereocenters. The lowest BCUT2D eigenvalue weighted by Crippen LogP contribution is -2.06. The first-order valence-corrected chi connectivity index (χ1v) is 8.64. The molecule has 1 heterocycles. The van der Waals surface area contributed by atoms with Crippen molar-refractivity contribution < 1.29 is 4.57 Å². The average molecular weight is 266 g/mol. The highest BCUT2D eigenvalue weighted by molar-refractivity contribution is 7.76. The minimum absolute atomic E-state index is 0.815. The van der Waals surface area contributed by atoms with Gasteiger partial charge >= 0.3 is 0 Å². The average Bonchev–Trinajstić information content (AvgIpc) is 2.99. The van der Waals surface area contributed by atoms with Gasteiger partial charge < -0.3 is 4.57 Å². The van der Waals surface area contributed by atoms with Crippen molar-refractivity contribution in [3.8, 4) is 0 Å². The van der Waals surface area contributed by atoms with Gasteiger partial charge in [0.25, 0.3) is 0 Å². The van der Waals surface area contributed by atoms with Gasteiger partial charge in [-0.1, -0.05) is 54.6 Å². The Morgan fingerprint density at radius 1 is 0.895 bits per heavy atom. The van der Waals surface area contributed by atoms with E-state index < -0.39 is 7.14 Å². The molecular weight excluding hydrogens is 251 g/mol. The van der Waals surface area contributed by atoms with Gasteiger partial charge in [-0.25, -0.2) is 0 Å². The molecule has 0 aromatic heterocycles. The minimum atomic E-state index is -2.33. The lowest BCUT2D eigenvalue weighted by Gasteiger charge is -2.15. The normalized spacial score (nSPS) is 24.4. The summed E-state index contributed by atoms with van der Waals surface area (Å²) in [6.45, 7) is 0. The maximum atomic E-state index is 13.4. The molecule has 1 atom stereocenters. The van der Waals surface area contributed by atoms with Crippen LogP contribution in [0.3, 0.4) is 0 Å². The smallest absolute Gasteiger partial charge is 0.140 e. The summed E-state index contributed by atoms with van der Waals surface area (Å²) in [7, 11) is -2.33. The summed E-state index contributed by atoms with van der Waals surface area (Å²) >= 11 is 0. The molecule has 4 rings (SSSR count). The Morgan fingerprint density at radius 3 is 2.47 bits per heavy atom. The third kappa shape index (κ3) is 1.52. The van der Waals surface area contributed by atoms with Gasteiger partial charge in [-0.2, -0.15) is 0 Å². The number of hydrogen-bond acceptors (Lipinski definition) is 1. The van der Waals surface area contributed by atoms with Crippen LogP contribution in [-0.2, 0) is 11.0 Å². The third-order valence-electron chi connectivity index (χ3n) is 4.33. The topological polar surface area (TPSA) is 17.1 Å². The highest BCUT2D eigenvalue weighted by Gasteiger charge is 2.40. The summed E-state index contributed by atoms with van der Waals surface area (Å²) < 4.78 is 13.4. The van der Waals surface area contributed by atoms with Crippen molar-refractivity contribution in [1.82, 2.24) is 0 Å². The number of rotatable bonds is 1. The van der Waals surface area contributed by atoms with Gasteiger partial charge in [0.1, 0.15) is 7.14 Å². The van der Waals surface area contributed by atoms with Crippen molar-refractivity contribution in [1.29, 1.82) is 0 Å². The van der Waals surface area contributed by atoms with E-state index in [2.05, 4.69) is 24.3 Å². The molecule has 94 valence electrons. The Kier molecular flexibility index (Phi) is 2.34. The van der Waals surface area contributed by atoms with Crippen molar-refractivity contribution >= 4 is 18.0 Å². The molecule has 0 saturated heterocycles. The van der Waals surface area contributed by atoms with Gasteiger partial charge in [0.15, 0.2) is 0 Å². The first-order chi connectivity index (χ1) is 9.29. The molecule has 1 nitrogen and oxygen atoms in total. The monoisotopic (exact) mass is 266 g/mol. The van der Waals surface area contributed by atoms with Gasteiger partial charge in [0.2, 0.25) is 0 Å². The van der Waals surface area contributed by atoms with Crippen LogP contribution in [0.25, 0.3) is 5.57 Å². The molecule has 2 heteroatoms. The van der Waals surface area contributed by atoms with Gasteiger partial charge in [-0.3, -0.25) is 0 Å². The van der Waals surface area contributed by atoms with Crippen LogP contribution in [0.2, 0.25) is 0 Å². The minimum Gasteiger partial charge on any atom is -0.314 e. The van der Waals surface area contributed by atoms with Crippen LogP contribution < -0.4 is 5.30 Å². The summed E-state index contributed by atoms with van der Waals surface area (Å²) in [5.41, 5.74) is 4.05. The van der Waals surface area contributed by atoms with E-state index in [1.165, 1.54) is 22.0 Å². The molecule has 19 heavy (non-hydrogen) atoms. The second-order valence-corrected chi connectivity index (χ2v) is 8.29. The number of allylic oxidation sites excluding steroid dienone is 2. The summed E-state index contributed by atoms with van der Waals surface area (Å²) in [5, 5.41) is 2.26. The Hall–Kier alpha value is -1.59. The zero-order chi connectivity index (χ0) is 12.9. The van der Waals surface area contributed by atoms with Crippen LogP contribution in [0.5, 0.6) is 0 Å². The molecular formula is C17H15OP. The van der Waals surface area contributed by atoms with E-state index in [0.717, 1.165) is 24.3 Å². The number of benzene rings is 2. The molecule has 1 aliphatic carbocycles. The maximum Gasteiger partial charge on any atom is 0.140 e. The second-order valence-electron chi connectivity index (χ2n) is 5.31. The molecule has 2 aromatic carbocycles. The quantitative estimate of drug-likeness (QED) is 0.712. The molecule has 0 radical (unpaired) electrons. The van der Waals surface area contributed by atoms with Crippen LogP contribution in [-0.4, -0.2) is 6.16 Å². The third-order valence-corrected chi connectivity index (χ3v) is 7.62. The fourth-order valence-corrected chi connectivity index (χ4v) is 6.52. The summed E-state index contributed by atoms with van der Waals surface area (Å²) in [4.78, 5) is 0. The van der Waals surface area contributed by atoms with E-state index in [9.17, 15) is 4.57 Å². The van der Waals surface area contributed by atoms with Crippen molar-refractivity contribution in [3.05, 3.63) is 71.0 Å². The predicted octanol–water partition coefficient (Wildman–Crippen LogP) is 4.05. The summed E-state index contributed by atoms with van der Waals surface area (Å²) in [6.07, 6.45) is 2.67. The first kappa shape index (κ1) is 11.3. The molecule has 0 amide bonds. The second kappa shape index (κ2) is 3.95. The zero-order valence-corrected chi connectivity index (χ0v) is 11.6. The molecule has 1 aliphatic heterocycles. The van der Waals surface area contributed by atoms with Crippen LogP contribution in [0.15, 0.2) is 59.9 Å². The summed E-state index contributed by atoms with van der Waals surface area (Å²) in [5.74, 6) is 0. The van der Waals surface area contributed by atoms with Crippen LogP contribution in [0.1, 0.15) is 17.5 Å². The van der Waals surface area contributed by atoms with Crippen molar-refractivity contribution in [3.63, 3.8) is 0 Å². The van der Waals surface area contributed by atoms with E-state index >= 15 is 0 Å². The molecule has 0 saturated carbocycles. The summed E-state index contributed by atoms with van der Waals surface area (Å²) in [6, 6.07) is 18.5. The maximum absolute atomic E-state index is 13.4. The lowest BCUT2D eigenvalue weighted by atomic mass is 10.0. The zero-order valence-electron chi connectivity index (χ0n) is 10.7. The van der Waals surface area contributed by atoms with Crippen molar-refractivity contribution in [2.24, 2.45) is 0 Å². The van der Waals surface area contributed by atoms with Crippen molar-refractivity contribution in [2.75, 3.05) is 6.16 Å². The number of fused-ring (bicyclic) bond motifs is 2. The van der Waals surface area contributed by atoms with E-state index in [4.69, 9.17) is 0 Å². The van der Waals surface area contributed by atoms with Crippen LogP contribution in [0, 0.1) is 0 Å². The standard InChI is InChI=1S/C17H15OP/c18-19(14-7-2-1-3-8-14)11-10-16-15-9-5-4-6-13(15)12-17(16)19/h1-9H,10-12H2. The van der Waals surface area contributed by atoms with E-state index in [1.54, 1.807) is 0 Å². The first-order valence-electron chi connectivity index (χ1n) is 6.74. The Balaban J connectivity index is 1.87. The van der Waals surface area contributed by atoms with Crippen LogP contribution >= 0.6 is 7.14 Å². The molecule has 0 bridgehead atoms. The Labute approximate surface area is 113 Å². The van der Waals surface area contributed by atoms with E-state index in [-0.39, 0.29) is 0 Å². The highest BCUT2D eigenvalue weighted by atomic mass is 31.2. The van der Waals surface area contributed by atoms with Gasteiger partial charge in [0.05, 0.1) is 0 Å². The molecule has 2 aromatic rings. The fraction of sp³-hybridized carbons (Fsp3) is 0.176. The van der Waals surface area contributed by atoms with E-state index in [0.29, 0.717) is 0 Å². The number of hydrogen-bond donors (Lipinski definition) is 0. The highest BCUT2D eigenvalue weighted by Crippen LogP contribution is 2.65. The lowest BCUT2D eigenvalue weighted by molar-refractivity contribution is 0.586. The van der Waals surface area contributed by atoms with Gasteiger partial charge in [-0.05, 0) is 23.1 Å². The Bertz CT molecular complexity index is 728. The molecule has 2 aliphatic rings. The Morgan fingerprint density at radius 2 is 1.63 bits per heavy atom. The van der Waals surface area contributed by atoms with Crippen LogP contribution in [0.4, 0.5) is 0 Å². The largest absolute Gasteiger partial charge is 0.314 e. The molecule has 0 spiro atoms.